The largest absolute Gasteiger partial charge is 0.481 e. The van der Waals surface area contributed by atoms with Crippen molar-refractivity contribution in [1.82, 2.24) is 10.2 Å². The maximum Gasteiger partial charge on any atom is 0.307 e. The van der Waals surface area contributed by atoms with Gasteiger partial charge in [0.15, 0.2) is 0 Å². The van der Waals surface area contributed by atoms with Crippen molar-refractivity contribution in [2.75, 3.05) is 20.1 Å². The zero-order valence-electron chi connectivity index (χ0n) is 12.2. The van der Waals surface area contributed by atoms with Crippen molar-refractivity contribution in [3.8, 4) is 0 Å². The summed E-state index contributed by atoms with van der Waals surface area (Å²) in [7, 11) is 1.59. The van der Waals surface area contributed by atoms with Gasteiger partial charge in [-0.3, -0.25) is 14.4 Å². The van der Waals surface area contributed by atoms with Crippen molar-refractivity contribution < 1.29 is 19.5 Å². The summed E-state index contributed by atoms with van der Waals surface area (Å²) >= 11 is 0. The molecule has 0 bridgehead atoms. The number of aliphatic carboxylic acids is 1. The van der Waals surface area contributed by atoms with Gasteiger partial charge in [-0.1, -0.05) is 12.2 Å². The van der Waals surface area contributed by atoms with Crippen LogP contribution in [0, 0.1) is 17.8 Å². The first kappa shape index (κ1) is 15.5. The first-order valence-corrected chi connectivity index (χ1v) is 7.42. The molecule has 116 valence electrons. The summed E-state index contributed by atoms with van der Waals surface area (Å²) in [6.45, 7) is 1.00. The number of carboxylic acids is 1. The number of carboxylic acid groups (broad SMARTS) is 1. The molecule has 3 atom stereocenters. The molecule has 21 heavy (non-hydrogen) atoms. The fourth-order valence-electron chi connectivity index (χ4n) is 3.19. The molecule has 0 aromatic heterocycles. The number of piperidine rings is 1. The minimum absolute atomic E-state index is 0.0502. The minimum Gasteiger partial charge on any atom is -0.481 e. The van der Waals surface area contributed by atoms with Crippen LogP contribution in [-0.2, 0) is 14.4 Å². The summed E-state index contributed by atoms with van der Waals surface area (Å²) in [5.74, 6) is -2.43. The summed E-state index contributed by atoms with van der Waals surface area (Å²) in [5, 5.41) is 11.9. The highest BCUT2D eigenvalue weighted by Crippen LogP contribution is 2.29. The number of hydrogen-bond acceptors (Lipinski definition) is 3. The number of nitrogens with zero attached hydrogens (tertiary/aromatic N) is 1. The summed E-state index contributed by atoms with van der Waals surface area (Å²) < 4.78 is 0. The molecular weight excluding hydrogens is 272 g/mol. The van der Waals surface area contributed by atoms with E-state index in [9.17, 15) is 19.5 Å². The predicted molar refractivity (Wildman–Crippen MR) is 76.4 cm³/mol. The van der Waals surface area contributed by atoms with E-state index >= 15 is 0 Å². The van der Waals surface area contributed by atoms with E-state index in [-0.39, 0.29) is 17.7 Å². The Morgan fingerprint density at radius 2 is 1.86 bits per heavy atom. The van der Waals surface area contributed by atoms with Gasteiger partial charge in [-0.25, -0.2) is 0 Å². The van der Waals surface area contributed by atoms with Gasteiger partial charge in [-0.2, -0.15) is 0 Å². The van der Waals surface area contributed by atoms with Crippen LogP contribution in [0.5, 0.6) is 0 Å². The van der Waals surface area contributed by atoms with Crippen molar-refractivity contribution in [1.29, 1.82) is 0 Å². The molecule has 2 amide bonds. The highest BCUT2D eigenvalue weighted by atomic mass is 16.4. The summed E-state index contributed by atoms with van der Waals surface area (Å²) in [5.41, 5.74) is 0. The predicted octanol–water partition coefficient (Wildman–Crippen LogP) is 0.638. The molecule has 1 saturated heterocycles. The molecule has 2 rings (SSSR count). The number of amides is 2. The van der Waals surface area contributed by atoms with Crippen LogP contribution >= 0.6 is 0 Å². The number of nitrogens with one attached hydrogen (secondary N) is 1. The van der Waals surface area contributed by atoms with Gasteiger partial charge in [-0.15, -0.1) is 0 Å². The summed E-state index contributed by atoms with van der Waals surface area (Å²) in [6, 6.07) is 0. The van der Waals surface area contributed by atoms with Gasteiger partial charge < -0.3 is 15.3 Å². The minimum atomic E-state index is -0.919. The maximum absolute atomic E-state index is 12.6. The Morgan fingerprint density at radius 3 is 2.48 bits per heavy atom. The van der Waals surface area contributed by atoms with Crippen LogP contribution in [0.1, 0.15) is 25.7 Å². The van der Waals surface area contributed by atoms with Crippen molar-refractivity contribution >= 4 is 17.8 Å². The van der Waals surface area contributed by atoms with E-state index < -0.39 is 17.8 Å². The third-order valence-electron chi connectivity index (χ3n) is 4.42. The number of likely N-dealkylation sites (tertiary alicyclic amines) is 1. The van der Waals surface area contributed by atoms with Crippen LogP contribution in [0.4, 0.5) is 0 Å². The SMILES string of the molecule is CNC(=O)C1CCCN(C(=O)[C@@H]2CC=CC[C@@H]2C(=O)O)C1. The summed E-state index contributed by atoms with van der Waals surface area (Å²) in [6.07, 6.45) is 6.13. The average molecular weight is 294 g/mol. The highest BCUT2D eigenvalue weighted by Gasteiger charge is 2.38. The standard InChI is InChI=1S/C15H22N2O4/c1-16-13(18)10-5-4-8-17(9-10)14(19)11-6-2-3-7-12(11)15(20)21/h2-3,10-12H,4-9H2,1H3,(H,16,18)(H,20,21)/t10?,11-,12+/m1/s1. The molecule has 6 heteroatoms. The van der Waals surface area contributed by atoms with E-state index in [0.29, 0.717) is 25.9 Å². The Balaban J connectivity index is 2.06. The number of allylic oxidation sites excluding steroid dienone is 2. The Kier molecular flexibility index (Phi) is 4.98. The molecule has 2 aliphatic rings. The van der Waals surface area contributed by atoms with Crippen molar-refractivity contribution in [3.05, 3.63) is 12.2 Å². The van der Waals surface area contributed by atoms with Crippen LogP contribution in [0.15, 0.2) is 12.2 Å². The van der Waals surface area contributed by atoms with Gasteiger partial charge in [0.1, 0.15) is 0 Å². The van der Waals surface area contributed by atoms with E-state index in [1.54, 1.807) is 11.9 Å². The lowest BCUT2D eigenvalue weighted by atomic mass is 9.81. The number of carbonyl (C=O) groups excluding carboxylic acids is 2. The number of rotatable bonds is 3. The molecule has 6 nitrogen and oxygen atoms in total. The van der Waals surface area contributed by atoms with Crippen molar-refractivity contribution in [2.45, 2.75) is 25.7 Å². The molecule has 1 aliphatic carbocycles. The number of hydrogen-bond donors (Lipinski definition) is 2. The first-order valence-electron chi connectivity index (χ1n) is 7.42. The smallest absolute Gasteiger partial charge is 0.307 e. The first-order chi connectivity index (χ1) is 10.0. The van der Waals surface area contributed by atoms with Crippen LogP contribution < -0.4 is 5.32 Å². The zero-order chi connectivity index (χ0) is 15.4. The Morgan fingerprint density at radius 1 is 1.19 bits per heavy atom. The Labute approximate surface area is 124 Å². The van der Waals surface area contributed by atoms with Crippen molar-refractivity contribution in [3.63, 3.8) is 0 Å². The highest BCUT2D eigenvalue weighted by molar-refractivity contribution is 5.86. The molecule has 0 radical (unpaired) electrons. The van der Waals surface area contributed by atoms with Crippen molar-refractivity contribution in [2.24, 2.45) is 17.8 Å². The topological polar surface area (TPSA) is 86.7 Å². The zero-order valence-corrected chi connectivity index (χ0v) is 12.2. The van der Waals surface area contributed by atoms with Crippen LogP contribution in [0.2, 0.25) is 0 Å². The van der Waals surface area contributed by atoms with E-state index in [1.165, 1.54) is 0 Å². The maximum atomic E-state index is 12.6. The fraction of sp³-hybridized carbons (Fsp3) is 0.667. The molecule has 1 fully saturated rings. The average Bonchev–Trinajstić information content (AvgIpc) is 2.53. The van der Waals surface area contributed by atoms with Crippen LogP contribution in [0.25, 0.3) is 0 Å². The van der Waals surface area contributed by atoms with Gasteiger partial charge >= 0.3 is 5.97 Å². The van der Waals surface area contributed by atoms with Gasteiger partial charge in [0, 0.05) is 20.1 Å². The van der Waals surface area contributed by atoms with E-state index in [4.69, 9.17) is 0 Å². The quantitative estimate of drug-likeness (QED) is 0.748. The van der Waals surface area contributed by atoms with Crippen LogP contribution in [0.3, 0.4) is 0 Å². The number of carbonyl (C=O) groups is 3. The lowest BCUT2D eigenvalue weighted by Crippen LogP contribution is -2.48. The normalized spacial score (nSPS) is 29.0. The Hall–Kier alpha value is -1.85. The van der Waals surface area contributed by atoms with E-state index in [2.05, 4.69) is 5.32 Å². The molecule has 2 N–H and O–H groups in total. The molecule has 0 aromatic carbocycles. The third kappa shape index (κ3) is 3.43. The fourth-order valence-corrected chi connectivity index (χ4v) is 3.19. The monoisotopic (exact) mass is 294 g/mol. The summed E-state index contributed by atoms with van der Waals surface area (Å²) in [4.78, 5) is 37.3. The van der Waals surface area contributed by atoms with Gasteiger partial charge in [0.05, 0.1) is 17.8 Å². The molecule has 1 unspecified atom stereocenters. The van der Waals surface area contributed by atoms with Gasteiger partial charge in [0.2, 0.25) is 11.8 Å². The molecular formula is C15H22N2O4. The van der Waals surface area contributed by atoms with E-state index in [1.807, 2.05) is 12.2 Å². The third-order valence-corrected chi connectivity index (χ3v) is 4.42. The second-order valence-corrected chi connectivity index (χ2v) is 5.73. The molecule has 0 spiro atoms. The van der Waals surface area contributed by atoms with E-state index in [0.717, 1.165) is 12.8 Å². The lowest BCUT2D eigenvalue weighted by molar-refractivity contribution is -0.151. The van der Waals surface area contributed by atoms with Crippen LogP contribution in [-0.4, -0.2) is 47.9 Å². The molecule has 1 aliphatic heterocycles. The second-order valence-electron chi connectivity index (χ2n) is 5.73. The van der Waals surface area contributed by atoms with Gasteiger partial charge in [0.25, 0.3) is 0 Å². The Bertz CT molecular complexity index is 461. The lowest BCUT2D eigenvalue weighted by Gasteiger charge is -2.36. The second kappa shape index (κ2) is 6.74. The molecule has 0 aromatic rings. The molecule has 1 heterocycles. The van der Waals surface area contributed by atoms with Gasteiger partial charge in [-0.05, 0) is 25.7 Å². The molecule has 0 saturated carbocycles.